The fraction of sp³-hybridized carbons (Fsp3) is 0.500. The first-order chi connectivity index (χ1) is 10.3. The van der Waals surface area contributed by atoms with Crippen LogP contribution in [0, 0.1) is 17.8 Å². The van der Waals surface area contributed by atoms with Crippen LogP contribution in [0.15, 0.2) is 35.9 Å². The zero-order chi connectivity index (χ0) is 14.9. The minimum atomic E-state index is 0.641. The molecule has 1 fully saturated rings. The van der Waals surface area contributed by atoms with Crippen molar-refractivity contribution in [2.75, 3.05) is 0 Å². The Balaban J connectivity index is 1.86. The molecular weight excluding hydrogens is 276 g/mol. The predicted molar refractivity (Wildman–Crippen MR) is 92.5 cm³/mol. The molecule has 1 aromatic rings. The number of allylic oxidation sites excluding steroid dienone is 1. The molecular formula is C20H25Cl. The van der Waals surface area contributed by atoms with Crippen molar-refractivity contribution in [1.82, 2.24) is 0 Å². The molecule has 0 atom stereocenters. The number of benzene rings is 1. The molecule has 0 amide bonds. The van der Waals surface area contributed by atoms with Gasteiger partial charge in [0.15, 0.2) is 0 Å². The maximum Gasteiger partial charge on any atom is 0.0203 e. The van der Waals surface area contributed by atoms with Crippen molar-refractivity contribution in [2.45, 2.75) is 57.8 Å². The second-order valence-electron chi connectivity index (χ2n) is 5.87. The summed E-state index contributed by atoms with van der Waals surface area (Å²) >= 11 is 5.55. The van der Waals surface area contributed by atoms with Gasteiger partial charge in [0.25, 0.3) is 0 Å². The van der Waals surface area contributed by atoms with Crippen molar-refractivity contribution in [3.63, 3.8) is 0 Å². The average Bonchev–Trinajstić information content (AvgIpc) is 2.54. The van der Waals surface area contributed by atoms with Crippen LogP contribution in [-0.4, -0.2) is 0 Å². The summed E-state index contributed by atoms with van der Waals surface area (Å²) in [5, 5.41) is 0. The number of hydrogen-bond acceptors (Lipinski definition) is 0. The van der Waals surface area contributed by atoms with E-state index >= 15 is 0 Å². The number of halogens is 1. The Morgan fingerprint density at radius 2 is 1.86 bits per heavy atom. The molecule has 0 unspecified atom stereocenters. The molecule has 1 aliphatic rings. The van der Waals surface area contributed by atoms with Crippen LogP contribution in [0.1, 0.15) is 62.5 Å². The van der Waals surface area contributed by atoms with Crippen LogP contribution >= 0.6 is 11.6 Å². The molecule has 1 saturated carbocycles. The highest BCUT2D eigenvalue weighted by molar-refractivity contribution is 6.25. The number of rotatable bonds is 4. The Morgan fingerprint density at radius 1 is 1.14 bits per heavy atom. The maximum atomic E-state index is 5.55. The van der Waals surface area contributed by atoms with Crippen molar-refractivity contribution >= 4 is 11.6 Å². The van der Waals surface area contributed by atoms with Crippen LogP contribution in [-0.2, 0) is 6.42 Å². The number of hydrogen-bond donors (Lipinski definition) is 0. The average molecular weight is 301 g/mol. The van der Waals surface area contributed by atoms with Crippen LogP contribution in [0.2, 0.25) is 0 Å². The summed E-state index contributed by atoms with van der Waals surface area (Å²) < 4.78 is 0. The molecule has 0 N–H and O–H groups in total. The van der Waals surface area contributed by atoms with Crippen molar-refractivity contribution in [1.29, 1.82) is 0 Å². The summed E-state index contributed by atoms with van der Waals surface area (Å²) in [6.45, 7) is 2.13. The van der Waals surface area contributed by atoms with E-state index in [0.29, 0.717) is 5.92 Å². The zero-order valence-corrected chi connectivity index (χ0v) is 13.7. The van der Waals surface area contributed by atoms with Crippen LogP contribution < -0.4 is 0 Å². The Hall–Kier alpha value is -1.19. The molecule has 21 heavy (non-hydrogen) atoms. The van der Waals surface area contributed by atoms with E-state index in [9.17, 15) is 0 Å². The molecule has 0 aromatic heterocycles. The van der Waals surface area contributed by atoms with Gasteiger partial charge in [0.05, 0.1) is 0 Å². The zero-order valence-electron chi connectivity index (χ0n) is 12.9. The molecule has 112 valence electrons. The molecule has 0 spiro atoms. The highest BCUT2D eigenvalue weighted by Crippen LogP contribution is 2.35. The molecule has 1 heteroatoms. The Labute approximate surface area is 134 Å². The Morgan fingerprint density at radius 3 is 2.48 bits per heavy atom. The smallest absolute Gasteiger partial charge is 0.0203 e. The van der Waals surface area contributed by atoms with E-state index in [4.69, 9.17) is 11.6 Å². The van der Waals surface area contributed by atoms with Crippen molar-refractivity contribution in [3.8, 4) is 11.8 Å². The highest BCUT2D eigenvalue weighted by atomic mass is 35.5. The second-order valence-corrected chi connectivity index (χ2v) is 6.12. The lowest BCUT2D eigenvalue weighted by Gasteiger charge is -2.26. The summed E-state index contributed by atoms with van der Waals surface area (Å²) in [6, 6.07) is 9.20. The van der Waals surface area contributed by atoms with E-state index in [-0.39, 0.29) is 0 Å². The monoisotopic (exact) mass is 300 g/mol. The maximum absolute atomic E-state index is 5.55. The third kappa shape index (κ3) is 5.25. The first-order valence-corrected chi connectivity index (χ1v) is 8.59. The van der Waals surface area contributed by atoms with Gasteiger partial charge in [-0.15, -0.1) is 5.92 Å². The van der Waals surface area contributed by atoms with E-state index < -0.39 is 0 Å². The third-order valence-corrected chi connectivity index (χ3v) is 4.53. The second kappa shape index (κ2) is 8.96. The van der Waals surface area contributed by atoms with Crippen LogP contribution in [0.4, 0.5) is 0 Å². The molecule has 0 heterocycles. The van der Waals surface area contributed by atoms with Crippen LogP contribution in [0.25, 0.3) is 0 Å². The molecule has 0 nitrogen and oxygen atoms in total. The minimum absolute atomic E-state index is 0.641. The fourth-order valence-corrected chi connectivity index (χ4v) is 3.21. The first kappa shape index (κ1) is 16.2. The Bertz CT molecular complexity index is 493. The third-order valence-electron chi connectivity index (χ3n) is 4.35. The van der Waals surface area contributed by atoms with E-state index in [1.165, 1.54) is 36.8 Å². The standard InChI is InChI=1S/C20H25Cl/c1-2-3-6-17-8-12-19(13-9-17)20-14-10-18(11-15-20)7-4-5-16-21/h5,10-11,14-17,19H,2,4,7-9,12-13H2,1H3. The van der Waals surface area contributed by atoms with E-state index in [2.05, 4.69) is 43.0 Å². The van der Waals surface area contributed by atoms with Gasteiger partial charge >= 0.3 is 0 Å². The summed E-state index contributed by atoms with van der Waals surface area (Å²) in [5.74, 6) is 8.03. The van der Waals surface area contributed by atoms with Crippen LogP contribution in [0.3, 0.4) is 0 Å². The normalized spacial score (nSPS) is 22.0. The first-order valence-electron chi connectivity index (χ1n) is 8.16. The van der Waals surface area contributed by atoms with E-state index in [0.717, 1.165) is 25.2 Å². The lowest BCUT2D eigenvalue weighted by atomic mass is 9.79. The van der Waals surface area contributed by atoms with Crippen molar-refractivity contribution < 1.29 is 0 Å². The lowest BCUT2D eigenvalue weighted by molar-refractivity contribution is 0.384. The largest absolute Gasteiger partial charge is 0.103 e. The van der Waals surface area contributed by atoms with Gasteiger partial charge in [0.1, 0.15) is 0 Å². The molecule has 0 aliphatic heterocycles. The van der Waals surface area contributed by atoms with Gasteiger partial charge in [-0.2, -0.15) is 0 Å². The minimum Gasteiger partial charge on any atom is -0.103 e. The van der Waals surface area contributed by atoms with Crippen molar-refractivity contribution in [2.24, 2.45) is 5.92 Å². The topological polar surface area (TPSA) is 0 Å². The molecule has 1 aliphatic carbocycles. The van der Waals surface area contributed by atoms with Crippen LogP contribution in [0.5, 0.6) is 0 Å². The van der Waals surface area contributed by atoms with E-state index in [1.807, 2.05) is 6.08 Å². The van der Waals surface area contributed by atoms with Gasteiger partial charge in [0.2, 0.25) is 0 Å². The lowest BCUT2D eigenvalue weighted by Crippen LogP contribution is -2.12. The van der Waals surface area contributed by atoms with E-state index in [1.54, 1.807) is 5.54 Å². The fourth-order valence-electron chi connectivity index (χ4n) is 3.09. The summed E-state index contributed by atoms with van der Waals surface area (Å²) in [4.78, 5) is 0. The molecule has 0 bridgehead atoms. The predicted octanol–water partition coefficient (Wildman–Crippen LogP) is 6.06. The SMILES string of the molecule is CCC#CC1CCC(c2ccc(CCC=CCl)cc2)CC1. The van der Waals surface area contributed by atoms with Gasteiger partial charge < -0.3 is 0 Å². The number of aryl methyl sites for hydroxylation is 1. The van der Waals surface area contributed by atoms with Gasteiger partial charge in [0, 0.05) is 17.9 Å². The highest BCUT2D eigenvalue weighted by Gasteiger charge is 2.20. The quantitative estimate of drug-likeness (QED) is 0.593. The summed E-state index contributed by atoms with van der Waals surface area (Å²) in [6.07, 6.45) is 10.2. The van der Waals surface area contributed by atoms with Gasteiger partial charge in [-0.25, -0.2) is 0 Å². The molecule has 1 aromatic carbocycles. The van der Waals surface area contributed by atoms with Gasteiger partial charge in [-0.05, 0) is 55.6 Å². The molecule has 0 radical (unpaired) electrons. The van der Waals surface area contributed by atoms with Gasteiger partial charge in [-0.1, -0.05) is 54.8 Å². The summed E-state index contributed by atoms with van der Waals surface area (Å²) in [7, 11) is 0. The molecule has 2 rings (SSSR count). The Kier molecular flexibility index (Phi) is 6.90. The van der Waals surface area contributed by atoms with Gasteiger partial charge in [-0.3, -0.25) is 0 Å². The van der Waals surface area contributed by atoms with Crippen molar-refractivity contribution in [3.05, 3.63) is 47.0 Å². The molecule has 0 saturated heterocycles. The summed E-state index contributed by atoms with van der Waals surface area (Å²) in [5.41, 5.74) is 4.51.